The number of hydrogen-bond acceptors (Lipinski definition) is 5. The molecular weight excluding hydrogens is 468 g/mol. The van der Waals surface area contributed by atoms with Crippen LogP contribution in [0.5, 0.6) is 0 Å². The Balaban J connectivity index is 1.52. The SMILES string of the molecule is Cc1cc2nc(SCC(=O)NCc3cccc(Br)c3)n(Cc3ccco3)c(=O)c2[nH]1. The van der Waals surface area contributed by atoms with E-state index >= 15 is 0 Å². The minimum Gasteiger partial charge on any atom is -0.467 e. The number of amides is 1. The van der Waals surface area contributed by atoms with Gasteiger partial charge in [0.25, 0.3) is 5.56 Å². The number of thioether (sulfide) groups is 1. The van der Waals surface area contributed by atoms with Crippen LogP contribution >= 0.6 is 27.7 Å². The average Bonchev–Trinajstić information content (AvgIpc) is 3.36. The fourth-order valence-corrected chi connectivity index (χ4v) is 4.32. The van der Waals surface area contributed by atoms with Gasteiger partial charge in [0.2, 0.25) is 5.91 Å². The molecule has 30 heavy (non-hydrogen) atoms. The van der Waals surface area contributed by atoms with Gasteiger partial charge in [-0.05, 0) is 42.8 Å². The van der Waals surface area contributed by atoms with Crippen LogP contribution in [-0.4, -0.2) is 26.2 Å². The van der Waals surface area contributed by atoms with Gasteiger partial charge < -0.3 is 14.7 Å². The van der Waals surface area contributed by atoms with E-state index in [1.807, 2.05) is 37.3 Å². The predicted octanol–water partition coefficient (Wildman–Crippen LogP) is 3.85. The van der Waals surface area contributed by atoms with E-state index in [0.29, 0.717) is 28.5 Å². The maximum Gasteiger partial charge on any atom is 0.278 e. The Bertz CT molecular complexity index is 1250. The molecule has 0 saturated heterocycles. The van der Waals surface area contributed by atoms with E-state index in [1.54, 1.807) is 18.4 Å². The lowest BCUT2D eigenvalue weighted by Gasteiger charge is -2.11. The molecule has 1 amide bonds. The van der Waals surface area contributed by atoms with E-state index in [4.69, 9.17) is 4.42 Å². The molecule has 9 heteroatoms. The minimum atomic E-state index is -0.193. The lowest BCUT2D eigenvalue weighted by molar-refractivity contribution is -0.118. The molecule has 3 heterocycles. The van der Waals surface area contributed by atoms with Gasteiger partial charge in [0.05, 0.1) is 24.1 Å². The third kappa shape index (κ3) is 4.68. The van der Waals surface area contributed by atoms with Crippen LogP contribution in [0.2, 0.25) is 0 Å². The molecule has 7 nitrogen and oxygen atoms in total. The Hall–Kier alpha value is -2.78. The van der Waals surface area contributed by atoms with Crippen molar-refractivity contribution in [2.24, 2.45) is 0 Å². The van der Waals surface area contributed by atoms with Crippen LogP contribution in [0.1, 0.15) is 17.0 Å². The molecule has 0 bridgehead atoms. The van der Waals surface area contributed by atoms with Gasteiger partial charge in [-0.15, -0.1) is 0 Å². The van der Waals surface area contributed by atoms with Crippen LogP contribution in [0.15, 0.2) is 67.6 Å². The number of halogens is 1. The van der Waals surface area contributed by atoms with E-state index in [-0.39, 0.29) is 23.8 Å². The van der Waals surface area contributed by atoms with E-state index in [2.05, 4.69) is 31.2 Å². The van der Waals surface area contributed by atoms with Crippen LogP contribution in [0, 0.1) is 6.92 Å². The molecule has 2 N–H and O–H groups in total. The largest absolute Gasteiger partial charge is 0.467 e. The Labute approximate surface area is 185 Å². The van der Waals surface area contributed by atoms with Crippen LogP contribution in [0.4, 0.5) is 0 Å². The number of benzene rings is 1. The van der Waals surface area contributed by atoms with Crippen molar-refractivity contribution in [2.45, 2.75) is 25.2 Å². The molecule has 0 atom stereocenters. The summed E-state index contributed by atoms with van der Waals surface area (Å²) in [4.78, 5) is 33.0. The molecule has 154 valence electrons. The molecule has 0 unspecified atom stereocenters. The summed E-state index contributed by atoms with van der Waals surface area (Å²) in [6.45, 7) is 2.55. The van der Waals surface area contributed by atoms with Crippen LogP contribution in [-0.2, 0) is 17.9 Å². The quantitative estimate of drug-likeness (QED) is 0.305. The summed E-state index contributed by atoms with van der Waals surface area (Å²) in [5.41, 5.74) is 2.70. The molecule has 3 aromatic heterocycles. The zero-order valence-corrected chi connectivity index (χ0v) is 18.5. The highest BCUT2D eigenvalue weighted by Crippen LogP contribution is 2.20. The smallest absolute Gasteiger partial charge is 0.278 e. The summed E-state index contributed by atoms with van der Waals surface area (Å²) in [5.74, 6) is 0.652. The second-order valence-electron chi connectivity index (χ2n) is 6.77. The number of carbonyl (C=O) groups is 1. The Morgan fingerprint density at radius 3 is 2.93 bits per heavy atom. The third-order valence-corrected chi connectivity index (χ3v) is 5.91. The summed E-state index contributed by atoms with van der Waals surface area (Å²) in [5, 5.41) is 3.37. The van der Waals surface area contributed by atoms with Gasteiger partial charge in [-0.1, -0.05) is 39.8 Å². The number of nitrogens with one attached hydrogen (secondary N) is 2. The number of aromatic nitrogens is 3. The van der Waals surface area contributed by atoms with Crippen molar-refractivity contribution in [1.82, 2.24) is 19.9 Å². The van der Waals surface area contributed by atoms with Crippen LogP contribution in [0.3, 0.4) is 0 Å². The molecule has 0 fully saturated rings. The first-order valence-electron chi connectivity index (χ1n) is 9.26. The normalized spacial score (nSPS) is 11.1. The van der Waals surface area contributed by atoms with E-state index in [1.165, 1.54) is 16.3 Å². The van der Waals surface area contributed by atoms with Gasteiger partial charge in [-0.2, -0.15) is 0 Å². The first-order chi connectivity index (χ1) is 14.5. The van der Waals surface area contributed by atoms with Gasteiger partial charge in [-0.3, -0.25) is 14.2 Å². The minimum absolute atomic E-state index is 0.135. The average molecular weight is 487 g/mol. The van der Waals surface area contributed by atoms with Gasteiger partial charge in [0.15, 0.2) is 5.16 Å². The summed E-state index contributed by atoms with van der Waals surface area (Å²) >= 11 is 4.65. The fraction of sp³-hybridized carbons (Fsp3) is 0.190. The van der Waals surface area contributed by atoms with Crippen molar-refractivity contribution in [1.29, 1.82) is 0 Å². The zero-order valence-electron chi connectivity index (χ0n) is 16.1. The molecule has 0 radical (unpaired) electrons. The van der Waals surface area contributed by atoms with Crippen LogP contribution < -0.4 is 10.9 Å². The highest BCUT2D eigenvalue weighted by Gasteiger charge is 2.16. The lowest BCUT2D eigenvalue weighted by atomic mass is 10.2. The number of nitrogens with zero attached hydrogens (tertiary/aromatic N) is 2. The highest BCUT2D eigenvalue weighted by atomic mass is 79.9. The van der Waals surface area contributed by atoms with Crippen molar-refractivity contribution < 1.29 is 9.21 Å². The number of furan rings is 1. The topological polar surface area (TPSA) is 92.9 Å². The number of fused-ring (bicyclic) bond motifs is 1. The van der Waals surface area contributed by atoms with Gasteiger partial charge >= 0.3 is 0 Å². The van der Waals surface area contributed by atoms with E-state index in [9.17, 15) is 9.59 Å². The predicted molar refractivity (Wildman–Crippen MR) is 120 cm³/mol. The summed E-state index contributed by atoms with van der Waals surface area (Å²) in [6, 6.07) is 13.2. The van der Waals surface area contributed by atoms with E-state index in [0.717, 1.165) is 15.7 Å². The van der Waals surface area contributed by atoms with Crippen molar-refractivity contribution in [2.75, 3.05) is 5.75 Å². The molecular formula is C21H19BrN4O3S. The third-order valence-electron chi connectivity index (χ3n) is 4.44. The van der Waals surface area contributed by atoms with Gasteiger partial charge in [0.1, 0.15) is 11.3 Å². The summed E-state index contributed by atoms with van der Waals surface area (Å²) in [6.07, 6.45) is 1.56. The summed E-state index contributed by atoms with van der Waals surface area (Å²) in [7, 11) is 0. The van der Waals surface area contributed by atoms with Crippen molar-refractivity contribution >= 4 is 44.6 Å². The maximum absolute atomic E-state index is 13.0. The van der Waals surface area contributed by atoms with Gasteiger partial charge in [0, 0.05) is 16.7 Å². The Morgan fingerprint density at radius 2 is 2.17 bits per heavy atom. The number of aryl methyl sites for hydroxylation is 1. The zero-order chi connectivity index (χ0) is 21.1. The molecule has 0 spiro atoms. The molecule has 0 aliphatic rings. The van der Waals surface area contributed by atoms with Crippen molar-refractivity contribution in [3.63, 3.8) is 0 Å². The fourth-order valence-electron chi connectivity index (χ4n) is 3.05. The standard InChI is InChI=1S/C21H19BrN4O3S/c1-13-8-17-19(24-13)20(28)26(11-16-6-3-7-29-16)21(25-17)30-12-18(27)23-10-14-4-2-5-15(22)9-14/h2-9,24H,10-12H2,1H3,(H,23,27). The monoisotopic (exact) mass is 486 g/mol. The molecule has 0 saturated carbocycles. The second-order valence-corrected chi connectivity index (χ2v) is 8.63. The second kappa shape index (κ2) is 8.93. The maximum atomic E-state index is 13.0. The molecule has 4 rings (SSSR count). The number of hydrogen-bond donors (Lipinski definition) is 2. The van der Waals surface area contributed by atoms with Gasteiger partial charge in [-0.25, -0.2) is 4.98 Å². The van der Waals surface area contributed by atoms with E-state index < -0.39 is 0 Å². The highest BCUT2D eigenvalue weighted by molar-refractivity contribution is 9.10. The summed E-state index contributed by atoms with van der Waals surface area (Å²) < 4.78 is 7.89. The lowest BCUT2D eigenvalue weighted by Crippen LogP contribution is -2.27. The number of H-pyrrole nitrogens is 1. The van der Waals surface area contributed by atoms with Crippen molar-refractivity contribution in [3.05, 3.63) is 80.6 Å². The first kappa shape index (κ1) is 20.5. The number of aromatic amines is 1. The molecule has 0 aliphatic heterocycles. The first-order valence-corrected chi connectivity index (χ1v) is 11.0. The number of carbonyl (C=O) groups excluding carboxylic acids is 1. The Morgan fingerprint density at radius 1 is 1.30 bits per heavy atom. The van der Waals surface area contributed by atoms with Crippen molar-refractivity contribution in [3.8, 4) is 0 Å². The Kier molecular flexibility index (Phi) is 6.10. The van der Waals surface area contributed by atoms with Crippen LogP contribution in [0.25, 0.3) is 11.0 Å². The number of rotatable bonds is 7. The molecule has 1 aromatic carbocycles. The molecule has 0 aliphatic carbocycles. The molecule has 4 aromatic rings.